The zero-order valence-electron chi connectivity index (χ0n) is 23.8. The lowest BCUT2D eigenvalue weighted by molar-refractivity contribution is -0.140. The topological polar surface area (TPSA) is 79.1 Å². The molecular weight excluding hydrogens is 803 g/mol. The van der Waals surface area contributed by atoms with Crippen LogP contribution >= 0.6 is 68.7 Å². The summed E-state index contributed by atoms with van der Waals surface area (Å²) in [5.41, 5.74) is -1.70. The van der Waals surface area contributed by atoms with Crippen molar-refractivity contribution >= 4 is 80.8 Å². The molecule has 3 aromatic carbocycles. The van der Waals surface area contributed by atoms with Gasteiger partial charge in [0.2, 0.25) is 0 Å². The number of carbonyl (C=O) groups excluding carboxylic acids is 1. The quantitative estimate of drug-likeness (QED) is 0.136. The summed E-state index contributed by atoms with van der Waals surface area (Å²) in [7, 11) is 1.45. The van der Waals surface area contributed by atoms with Crippen LogP contribution < -0.4 is 24.4 Å². The van der Waals surface area contributed by atoms with Crippen molar-refractivity contribution in [3.8, 4) is 11.5 Å². The minimum absolute atomic E-state index is 0.0173. The van der Waals surface area contributed by atoms with Crippen molar-refractivity contribution in [2.24, 2.45) is 4.99 Å². The first-order valence-electron chi connectivity index (χ1n) is 13.3. The molecule has 0 radical (unpaired) electrons. The summed E-state index contributed by atoms with van der Waals surface area (Å²) in [6, 6.07) is 12.7. The Morgan fingerprint density at radius 3 is 2.41 bits per heavy atom. The van der Waals surface area contributed by atoms with Gasteiger partial charge in [0.25, 0.3) is 5.56 Å². The molecule has 0 aliphatic carbocycles. The average molecular weight is 824 g/mol. The number of halogens is 7. The predicted octanol–water partition coefficient (Wildman–Crippen LogP) is 7.49. The lowest BCUT2D eigenvalue weighted by Crippen LogP contribution is -2.41. The van der Waals surface area contributed by atoms with Crippen molar-refractivity contribution in [1.29, 1.82) is 0 Å². The van der Waals surface area contributed by atoms with Crippen LogP contribution in [0.5, 0.6) is 11.5 Å². The van der Waals surface area contributed by atoms with Gasteiger partial charge < -0.3 is 14.2 Å². The van der Waals surface area contributed by atoms with Gasteiger partial charge in [-0.25, -0.2) is 9.79 Å². The van der Waals surface area contributed by atoms with Crippen LogP contribution in [0.25, 0.3) is 6.08 Å². The number of ether oxygens (including phenoxy) is 3. The van der Waals surface area contributed by atoms with E-state index in [1.54, 1.807) is 30.3 Å². The highest BCUT2D eigenvalue weighted by Crippen LogP contribution is 2.39. The first-order chi connectivity index (χ1) is 21.8. The normalized spacial score (nSPS) is 15.0. The summed E-state index contributed by atoms with van der Waals surface area (Å²) in [5.74, 6) is -0.636. The third-order valence-corrected chi connectivity index (χ3v) is 9.17. The maximum absolute atomic E-state index is 14.4. The maximum Gasteiger partial charge on any atom is 0.434 e. The number of allylic oxidation sites excluding steroid dienone is 1. The number of thiazole rings is 1. The smallest absolute Gasteiger partial charge is 0.434 e. The first kappa shape index (κ1) is 34.3. The lowest BCUT2D eigenvalue weighted by atomic mass is 9.95. The van der Waals surface area contributed by atoms with E-state index in [2.05, 4.69) is 27.6 Å². The van der Waals surface area contributed by atoms with E-state index in [9.17, 15) is 22.8 Å². The zero-order valence-corrected chi connectivity index (χ0v) is 29.0. The molecule has 0 saturated heterocycles. The monoisotopic (exact) mass is 822 g/mol. The Hall–Kier alpha value is -3.04. The van der Waals surface area contributed by atoms with Gasteiger partial charge in [0.15, 0.2) is 22.0 Å². The van der Waals surface area contributed by atoms with Gasteiger partial charge in [-0.15, -0.1) is 0 Å². The van der Waals surface area contributed by atoms with Gasteiger partial charge in [0.05, 0.1) is 29.9 Å². The van der Waals surface area contributed by atoms with Gasteiger partial charge in [0.1, 0.15) is 6.61 Å². The Kier molecular flexibility index (Phi) is 10.4. The molecule has 0 bridgehead atoms. The molecule has 0 fully saturated rings. The molecule has 240 valence electrons. The van der Waals surface area contributed by atoms with Gasteiger partial charge in [0, 0.05) is 29.8 Å². The number of fused-ring (bicyclic) bond motifs is 1. The number of aromatic nitrogens is 1. The molecule has 0 unspecified atom stereocenters. The molecule has 46 heavy (non-hydrogen) atoms. The summed E-state index contributed by atoms with van der Waals surface area (Å²) in [4.78, 5) is 30.7. The van der Waals surface area contributed by atoms with E-state index in [4.69, 9.17) is 49.0 Å². The standard InChI is InChI=1S/C31H21Cl3F3IN2O5S/c1-3-44-29(42)24-25(15-4-7-18(32)8-5-15)40-28(41)23(46-30(40)39-27(24)31(35,36)37)11-17-10-20(38)13-22(43-2)26(17)45-14-16-6-9-19(33)12-21(16)34/h4-13,25H,3,14H2,1-2H3/b23-11-/t25-/m0/s1. The largest absolute Gasteiger partial charge is 0.493 e. The fourth-order valence-corrected chi connectivity index (χ4v) is 6.93. The number of hydrogen-bond donors (Lipinski definition) is 0. The van der Waals surface area contributed by atoms with Crippen molar-refractivity contribution in [3.63, 3.8) is 0 Å². The second-order valence-corrected chi connectivity index (χ2v) is 13.2. The van der Waals surface area contributed by atoms with E-state index in [0.717, 1.165) is 19.5 Å². The lowest BCUT2D eigenvalue weighted by Gasteiger charge is -2.26. The molecule has 5 rings (SSSR count). The van der Waals surface area contributed by atoms with Crippen LogP contribution in [0.2, 0.25) is 15.1 Å². The molecule has 0 N–H and O–H groups in total. The molecule has 15 heteroatoms. The van der Waals surface area contributed by atoms with E-state index in [1.807, 2.05) is 0 Å². The Labute approximate surface area is 292 Å². The van der Waals surface area contributed by atoms with Gasteiger partial charge in [-0.1, -0.05) is 64.3 Å². The van der Waals surface area contributed by atoms with E-state index in [-0.39, 0.29) is 33.9 Å². The molecule has 1 aromatic heterocycles. The molecule has 1 aliphatic rings. The van der Waals surface area contributed by atoms with Crippen LogP contribution in [0.15, 0.2) is 75.7 Å². The van der Waals surface area contributed by atoms with Crippen LogP contribution in [0.4, 0.5) is 13.2 Å². The Morgan fingerprint density at radius 2 is 1.78 bits per heavy atom. The summed E-state index contributed by atoms with van der Waals surface area (Å²) in [6.45, 7) is 1.29. The highest BCUT2D eigenvalue weighted by atomic mass is 127. The second kappa shape index (κ2) is 14.0. The number of methoxy groups -OCH3 is 1. The number of nitrogens with zero attached hydrogens (tertiary/aromatic N) is 2. The van der Waals surface area contributed by atoms with Gasteiger partial charge >= 0.3 is 12.1 Å². The molecule has 2 heterocycles. The Balaban J connectivity index is 1.72. The van der Waals surface area contributed by atoms with Gasteiger partial charge in [-0.2, -0.15) is 13.2 Å². The third kappa shape index (κ3) is 7.10. The minimum Gasteiger partial charge on any atom is -0.493 e. The van der Waals surface area contributed by atoms with Gasteiger partial charge in [-0.3, -0.25) is 9.36 Å². The summed E-state index contributed by atoms with van der Waals surface area (Å²) in [5, 5.41) is 1.15. The van der Waals surface area contributed by atoms with Crippen LogP contribution in [-0.2, 0) is 16.1 Å². The van der Waals surface area contributed by atoms with Crippen LogP contribution in [0.3, 0.4) is 0 Å². The molecule has 7 nitrogen and oxygen atoms in total. The van der Waals surface area contributed by atoms with Crippen molar-refractivity contribution in [3.05, 3.63) is 121 Å². The van der Waals surface area contributed by atoms with Crippen molar-refractivity contribution in [1.82, 2.24) is 4.57 Å². The van der Waals surface area contributed by atoms with Crippen LogP contribution in [0, 0.1) is 3.57 Å². The molecule has 4 aromatic rings. The highest BCUT2D eigenvalue weighted by Gasteiger charge is 2.45. The molecule has 0 amide bonds. The van der Waals surface area contributed by atoms with Crippen LogP contribution in [-0.4, -0.2) is 30.4 Å². The third-order valence-electron chi connectivity index (χ3n) is 6.72. The molecular formula is C31H21Cl3F3IN2O5S. The number of rotatable bonds is 8. The predicted molar refractivity (Wildman–Crippen MR) is 179 cm³/mol. The zero-order chi connectivity index (χ0) is 33.3. The molecule has 0 spiro atoms. The molecule has 1 atom stereocenters. The van der Waals surface area contributed by atoms with E-state index in [1.165, 1.54) is 44.4 Å². The van der Waals surface area contributed by atoms with E-state index >= 15 is 0 Å². The Morgan fingerprint density at radius 1 is 1.09 bits per heavy atom. The Bertz CT molecular complexity index is 2050. The summed E-state index contributed by atoms with van der Waals surface area (Å²) < 4.78 is 61.8. The number of alkyl halides is 3. The number of esters is 1. The second-order valence-electron chi connectivity index (χ2n) is 9.67. The van der Waals surface area contributed by atoms with Crippen molar-refractivity contribution in [2.75, 3.05) is 13.7 Å². The van der Waals surface area contributed by atoms with Crippen LogP contribution in [0.1, 0.15) is 29.7 Å². The fraction of sp³-hybridized carbons (Fsp3) is 0.194. The first-order valence-corrected chi connectivity index (χ1v) is 16.3. The number of hydrogen-bond acceptors (Lipinski definition) is 7. The minimum atomic E-state index is -5.03. The average Bonchev–Trinajstić information content (AvgIpc) is 3.30. The number of carbonyl (C=O) groups is 1. The molecule has 0 saturated carbocycles. The number of benzene rings is 3. The SMILES string of the molecule is CCOC(=O)C1=C(C(F)(F)F)N=c2s/c(=C\c3cc(I)cc(OC)c3OCc3ccc(Cl)cc3Cl)c(=O)n2[C@H]1c1ccc(Cl)cc1. The van der Waals surface area contributed by atoms with E-state index in [0.29, 0.717) is 31.9 Å². The summed E-state index contributed by atoms with van der Waals surface area (Å²) in [6.07, 6.45) is -3.55. The van der Waals surface area contributed by atoms with E-state index < -0.39 is 35.0 Å². The van der Waals surface area contributed by atoms with Gasteiger partial charge in [-0.05, 0) is 77.6 Å². The van der Waals surface area contributed by atoms with Crippen molar-refractivity contribution in [2.45, 2.75) is 25.7 Å². The summed E-state index contributed by atoms with van der Waals surface area (Å²) >= 11 is 21.2. The highest BCUT2D eigenvalue weighted by molar-refractivity contribution is 14.1. The fourth-order valence-electron chi connectivity index (χ4n) is 4.73. The molecule has 1 aliphatic heterocycles. The maximum atomic E-state index is 14.4. The van der Waals surface area contributed by atoms with Crippen molar-refractivity contribution < 1.29 is 32.2 Å².